The first-order valence-electron chi connectivity index (χ1n) is 4.63. The van der Waals surface area contributed by atoms with Crippen LogP contribution >= 0.6 is 0 Å². The van der Waals surface area contributed by atoms with Crippen LogP contribution in [0.1, 0.15) is 23.6 Å². The van der Waals surface area contributed by atoms with Crippen LogP contribution in [0.15, 0.2) is 18.2 Å². The van der Waals surface area contributed by atoms with Crippen LogP contribution in [0.5, 0.6) is 0 Å². The molecule has 0 fully saturated rings. The maximum atomic E-state index is 13.3. The summed E-state index contributed by atoms with van der Waals surface area (Å²) in [5, 5.41) is 0. The Morgan fingerprint density at radius 1 is 1.60 bits per heavy atom. The lowest BCUT2D eigenvalue weighted by molar-refractivity contribution is -0.141. The van der Waals surface area contributed by atoms with Gasteiger partial charge in [-0.05, 0) is 13.0 Å². The molecular formula is C11H14FNO2. The summed E-state index contributed by atoms with van der Waals surface area (Å²) in [4.78, 5) is 11.0. The molecule has 2 N–H and O–H groups in total. The third kappa shape index (κ3) is 3.02. The van der Waals surface area contributed by atoms with Crippen LogP contribution in [0.3, 0.4) is 0 Å². The van der Waals surface area contributed by atoms with Gasteiger partial charge in [0, 0.05) is 11.6 Å². The molecule has 1 rings (SSSR count). The molecule has 15 heavy (non-hydrogen) atoms. The van der Waals surface area contributed by atoms with Crippen molar-refractivity contribution < 1.29 is 13.9 Å². The first-order valence-corrected chi connectivity index (χ1v) is 4.63. The van der Waals surface area contributed by atoms with Gasteiger partial charge in [0.2, 0.25) is 0 Å². The molecule has 0 spiro atoms. The second-order valence-corrected chi connectivity index (χ2v) is 3.41. The number of aryl methyl sites for hydroxylation is 1. The minimum Gasteiger partial charge on any atom is -0.469 e. The molecule has 0 amide bonds. The number of esters is 1. The van der Waals surface area contributed by atoms with Gasteiger partial charge < -0.3 is 10.5 Å². The number of halogens is 1. The van der Waals surface area contributed by atoms with Crippen LogP contribution in [0.2, 0.25) is 0 Å². The molecule has 0 unspecified atom stereocenters. The molecule has 4 heteroatoms. The van der Waals surface area contributed by atoms with Crippen molar-refractivity contribution in [3.63, 3.8) is 0 Å². The first-order chi connectivity index (χ1) is 7.04. The number of nitrogens with two attached hydrogens (primary N) is 1. The smallest absolute Gasteiger partial charge is 0.307 e. The number of carbonyl (C=O) groups excluding carboxylic acids is 1. The SMILES string of the molecule is COC(=O)C[C@H](N)c1cc(C)ccc1F. The Bertz CT molecular complexity index is 366. The van der Waals surface area contributed by atoms with Gasteiger partial charge >= 0.3 is 5.97 Å². The molecule has 0 saturated carbocycles. The zero-order chi connectivity index (χ0) is 11.4. The average molecular weight is 211 g/mol. The van der Waals surface area contributed by atoms with Crippen molar-refractivity contribution in [1.29, 1.82) is 0 Å². The van der Waals surface area contributed by atoms with E-state index in [1.807, 2.05) is 6.92 Å². The molecule has 3 nitrogen and oxygen atoms in total. The molecule has 0 aromatic heterocycles. The average Bonchev–Trinajstić information content (AvgIpc) is 2.21. The van der Waals surface area contributed by atoms with Crippen molar-refractivity contribution in [3.05, 3.63) is 35.1 Å². The lowest BCUT2D eigenvalue weighted by Gasteiger charge is -2.12. The summed E-state index contributed by atoms with van der Waals surface area (Å²) in [5.74, 6) is -0.833. The summed E-state index contributed by atoms with van der Waals surface area (Å²) in [6.45, 7) is 1.84. The molecule has 0 radical (unpaired) electrons. The van der Waals surface area contributed by atoms with E-state index in [1.54, 1.807) is 12.1 Å². The van der Waals surface area contributed by atoms with Crippen LogP contribution in [0.4, 0.5) is 4.39 Å². The zero-order valence-electron chi connectivity index (χ0n) is 8.79. The van der Waals surface area contributed by atoms with Gasteiger partial charge in [-0.1, -0.05) is 17.7 Å². The Hall–Kier alpha value is -1.42. The van der Waals surface area contributed by atoms with E-state index in [1.165, 1.54) is 13.2 Å². The minimum absolute atomic E-state index is 0.0170. The maximum Gasteiger partial charge on any atom is 0.307 e. The quantitative estimate of drug-likeness (QED) is 0.774. The van der Waals surface area contributed by atoms with Gasteiger partial charge in [-0.25, -0.2) is 4.39 Å². The molecule has 0 heterocycles. The number of ether oxygens (including phenoxy) is 1. The molecule has 0 aliphatic heterocycles. The topological polar surface area (TPSA) is 52.3 Å². The number of hydrogen-bond acceptors (Lipinski definition) is 3. The van der Waals surface area contributed by atoms with E-state index in [0.717, 1.165) is 5.56 Å². The van der Waals surface area contributed by atoms with Crippen LogP contribution < -0.4 is 5.73 Å². The van der Waals surface area contributed by atoms with E-state index in [0.29, 0.717) is 5.56 Å². The zero-order valence-corrected chi connectivity index (χ0v) is 8.79. The molecule has 1 aromatic rings. The molecule has 0 aliphatic rings. The van der Waals surface area contributed by atoms with Crippen molar-refractivity contribution >= 4 is 5.97 Å². The highest BCUT2D eigenvalue weighted by molar-refractivity contribution is 5.70. The fraction of sp³-hybridized carbons (Fsp3) is 0.364. The number of carbonyl (C=O) groups is 1. The number of methoxy groups -OCH3 is 1. The van der Waals surface area contributed by atoms with Crippen LogP contribution in [0.25, 0.3) is 0 Å². The van der Waals surface area contributed by atoms with Gasteiger partial charge in [-0.2, -0.15) is 0 Å². The van der Waals surface area contributed by atoms with E-state index >= 15 is 0 Å². The molecule has 0 saturated heterocycles. The van der Waals surface area contributed by atoms with Gasteiger partial charge in [0.15, 0.2) is 0 Å². The minimum atomic E-state index is -0.655. The monoisotopic (exact) mass is 211 g/mol. The lowest BCUT2D eigenvalue weighted by atomic mass is 10.0. The first kappa shape index (κ1) is 11.7. The third-order valence-electron chi connectivity index (χ3n) is 2.17. The van der Waals surface area contributed by atoms with Crippen molar-refractivity contribution in [2.24, 2.45) is 5.73 Å². The highest BCUT2D eigenvalue weighted by Crippen LogP contribution is 2.19. The molecular weight excluding hydrogens is 197 g/mol. The van der Waals surface area contributed by atoms with E-state index in [2.05, 4.69) is 4.74 Å². The normalized spacial score (nSPS) is 12.3. The Balaban J connectivity index is 2.85. The summed E-state index contributed by atoms with van der Waals surface area (Å²) < 4.78 is 17.8. The standard InChI is InChI=1S/C11H14FNO2/c1-7-3-4-9(12)8(5-7)10(13)6-11(14)15-2/h3-5,10H,6,13H2,1-2H3/t10-/m0/s1. The van der Waals surface area contributed by atoms with Gasteiger partial charge in [0.05, 0.1) is 13.5 Å². The van der Waals surface area contributed by atoms with Crippen LogP contribution in [-0.2, 0) is 9.53 Å². The van der Waals surface area contributed by atoms with Gasteiger partial charge in [0.25, 0.3) is 0 Å². The summed E-state index contributed by atoms with van der Waals surface area (Å²) in [6, 6.07) is 3.99. The largest absolute Gasteiger partial charge is 0.469 e. The lowest BCUT2D eigenvalue weighted by Crippen LogP contribution is -2.17. The molecule has 82 valence electrons. The summed E-state index contributed by atoms with van der Waals surface area (Å²) in [5.41, 5.74) is 6.96. The predicted octanol–water partition coefficient (Wildman–Crippen LogP) is 1.70. The van der Waals surface area contributed by atoms with Crippen molar-refractivity contribution in [2.75, 3.05) is 7.11 Å². The fourth-order valence-corrected chi connectivity index (χ4v) is 1.32. The van der Waals surface area contributed by atoms with Crippen molar-refractivity contribution in [3.8, 4) is 0 Å². The number of hydrogen-bond donors (Lipinski definition) is 1. The Morgan fingerprint density at radius 3 is 2.87 bits per heavy atom. The second kappa shape index (κ2) is 4.89. The van der Waals surface area contributed by atoms with Crippen molar-refractivity contribution in [1.82, 2.24) is 0 Å². The Morgan fingerprint density at radius 2 is 2.27 bits per heavy atom. The van der Waals surface area contributed by atoms with Crippen LogP contribution in [-0.4, -0.2) is 13.1 Å². The maximum absolute atomic E-state index is 13.3. The molecule has 1 atom stereocenters. The van der Waals surface area contributed by atoms with Crippen molar-refractivity contribution in [2.45, 2.75) is 19.4 Å². The van der Waals surface area contributed by atoms with E-state index in [9.17, 15) is 9.18 Å². The summed E-state index contributed by atoms with van der Waals surface area (Å²) in [6.07, 6.45) is -0.0170. The van der Waals surface area contributed by atoms with Gasteiger partial charge in [-0.3, -0.25) is 4.79 Å². The fourth-order valence-electron chi connectivity index (χ4n) is 1.32. The highest BCUT2D eigenvalue weighted by Gasteiger charge is 2.15. The molecule has 0 bridgehead atoms. The third-order valence-corrected chi connectivity index (χ3v) is 2.17. The highest BCUT2D eigenvalue weighted by atomic mass is 19.1. The van der Waals surface area contributed by atoms with E-state index in [-0.39, 0.29) is 6.42 Å². The Kier molecular flexibility index (Phi) is 3.80. The summed E-state index contributed by atoms with van der Waals surface area (Å²) >= 11 is 0. The van der Waals surface area contributed by atoms with Gasteiger partial charge in [-0.15, -0.1) is 0 Å². The predicted molar refractivity (Wildman–Crippen MR) is 54.7 cm³/mol. The van der Waals surface area contributed by atoms with E-state index in [4.69, 9.17) is 5.73 Å². The summed E-state index contributed by atoms with van der Waals surface area (Å²) in [7, 11) is 1.28. The van der Waals surface area contributed by atoms with E-state index < -0.39 is 17.8 Å². The van der Waals surface area contributed by atoms with Gasteiger partial charge in [0.1, 0.15) is 5.82 Å². The molecule has 1 aromatic carbocycles. The second-order valence-electron chi connectivity index (χ2n) is 3.41. The Labute approximate surface area is 88.0 Å². The number of benzene rings is 1. The van der Waals surface area contributed by atoms with Crippen LogP contribution in [0, 0.1) is 12.7 Å². The number of rotatable bonds is 3. The molecule has 0 aliphatic carbocycles.